The third-order valence-corrected chi connectivity index (χ3v) is 3.67. The highest BCUT2D eigenvalue weighted by Crippen LogP contribution is 2.27. The van der Waals surface area contributed by atoms with Crippen LogP contribution in [0.5, 0.6) is 0 Å². The Labute approximate surface area is 125 Å². The molecule has 0 aliphatic heterocycles. The molecule has 1 aromatic carbocycles. The van der Waals surface area contributed by atoms with Crippen LogP contribution in [-0.2, 0) is 11.8 Å². The van der Waals surface area contributed by atoms with Gasteiger partial charge in [0.15, 0.2) is 0 Å². The molecule has 0 unspecified atom stereocenters. The SMILES string of the molecule is COC(=O)c1cc(C(=O)c2cccc(Cl)c2Cl)n(C)c1. The molecule has 0 radical (unpaired) electrons. The molecule has 20 heavy (non-hydrogen) atoms. The van der Waals surface area contributed by atoms with E-state index < -0.39 is 5.97 Å². The molecular formula is C14H11Cl2NO3. The van der Waals surface area contributed by atoms with Crippen LogP contribution in [0.3, 0.4) is 0 Å². The van der Waals surface area contributed by atoms with Crippen molar-refractivity contribution in [3.05, 3.63) is 57.3 Å². The van der Waals surface area contributed by atoms with E-state index in [0.29, 0.717) is 16.3 Å². The molecule has 0 amide bonds. The van der Waals surface area contributed by atoms with Gasteiger partial charge in [-0.25, -0.2) is 4.79 Å². The van der Waals surface area contributed by atoms with Gasteiger partial charge in [-0.15, -0.1) is 0 Å². The second-order valence-corrected chi connectivity index (χ2v) is 4.93. The summed E-state index contributed by atoms with van der Waals surface area (Å²) in [5.74, 6) is -0.813. The molecule has 0 saturated heterocycles. The Morgan fingerprint density at radius 1 is 1.25 bits per heavy atom. The van der Waals surface area contributed by atoms with Crippen molar-refractivity contribution in [3.63, 3.8) is 0 Å². The number of hydrogen-bond acceptors (Lipinski definition) is 3. The van der Waals surface area contributed by atoms with E-state index in [2.05, 4.69) is 4.74 Å². The smallest absolute Gasteiger partial charge is 0.339 e. The second kappa shape index (κ2) is 5.69. The molecule has 0 bridgehead atoms. The van der Waals surface area contributed by atoms with Gasteiger partial charge in [0.25, 0.3) is 0 Å². The van der Waals surface area contributed by atoms with Gasteiger partial charge in [0, 0.05) is 18.8 Å². The average molecular weight is 312 g/mol. The van der Waals surface area contributed by atoms with Crippen LogP contribution < -0.4 is 0 Å². The summed E-state index contributed by atoms with van der Waals surface area (Å²) in [5.41, 5.74) is 0.919. The maximum atomic E-state index is 12.4. The number of benzene rings is 1. The van der Waals surface area contributed by atoms with Gasteiger partial charge in [0.1, 0.15) is 0 Å². The van der Waals surface area contributed by atoms with Crippen molar-refractivity contribution in [2.75, 3.05) is 7.11 Å². The molecule has 4 nitrogen and oxygen atoms in total. The Balaban J connectivity index is 2.46. The number of ether oxygens (including phenoxy) is 1. The molecule has 2 aromatic rings. The molecule has 0 saturated carbocycles. The molecule has 1 aromatic heterocycles. The summed E-state index contributed by atoms with van der Waals surface area (Å²) in [7, 11) is 2.95. The van der Waals surface area contributed by atoms with E-state index in [1.54, 1.807) is 29.8 Å². The van der Waals surface area contributed by atoms with Crippen LogP contribution >= 0.6 is 23.2 Å². The number of ketones is 1. The zero-order valence-corrected chi connectivity index (χ0v) is 12.3. The van der Waals surface area contributed by atoms with Crippen LogP contribution in [-0.4, -0.2) is 23.4 Å². The van der Waals surface area contributed by atoms with Gasteiger partial charge in [0.2, 0.25) is 5.78 Å². The Morgan fingerprint density at radius 3 is 2.60 bits per heavy atom. The van der Waals surface area contributed by atoms with Crippen molar-refractivity contribution >= 4 is 35.0 Å². The first-order valence-electron chi connectivity index (χ1n) is 5.69. The molecular weight excluding hydrogens is 301 g/mol. The van der Waals surface area contributed by atoms with Crippen molar-refractivity contribution in [1.29, 1.82) is 0 Å². The van der Waals surface area contributed by atoms with Gasteiger partial charge in [-0.1, -0.05) is 29.3 Å². The minimum atomic E-state index is -0.503. The zero-order valence-electron chi connectivity index (χ0n) is 10.8. The first-order valence-corrected chi connectivity index (χ1v) is 6.44. The third-order valence-electron chi connectivity index (χ3n) is 2.85. The lowest BCUT2D eigenvalue weighted by atomic mass is 10.1. The highest BCUT2D eigenvalue weighted by molar-refractivity contribution is 6.44. The van der Waals surface area contributed by atoms with Gasteiger partial charge in [-0.3, -0.25) is 4.79 Å². The van der Waals surface area contributed by atoms with Crippen molar-refractivity contribution in [1.82, 2.24) is 4.57 Å². The van der Waals surface area contributed by atoms with E-state index in [-0.39, 0.29) is 16.4 Å². The van der Waals surface area contributed by atoms with Crippen LogP contribution in [0.15, 0.2) is 30.5 Å². The van der Waals surface area contributed by atoms with Crippen molar-refractivity contribution < 1.29 is 14.3 Å². The summed E-state index contributed by atoms with van der Waals surface area (Å²) in [6.45, 7) is 0. The maximum absolute atomic E-state index is 12.4. The Morgan fingerprint density at radius 2 is 1.95 bits per heavy atom. The van der Waals surface area contributed by atoms with Gasteiger partial charge in [0.05, 0.1) is 28.4 Å². The van der Waals surface area contributed by atoms with Crippen LogP contribution in [0.1, 0.15) is 26.4 Å². The summed E-state index contributed by atoms with van der Waals surface area (Å²) < 4.78 is 6.17. The average Bonchev–Trinajstić information content (AvgIpc) is 2.82. The van der Waals surface area contributed by atoms with Crippen molar-refractivity contribution in [2.24, 2.45) is 7.05 Å². The maximum Gasteiger partial charge on any atom is 0.339 e. The molecule has 0 N–H and O–H groups in total. The van der Waals surface area contributed by atoms with E-state index in [1.807, 2.05) is 0 Å². The number of esters is 1. The molecule has 6 heteroatoms. The summed E-state index contributed by atoms with van der Waals surface area (Å²) in [6.07, 6.45) is 1.53. The predicted octanol–water partition coefficient (Wildman–Crippen LogP) is 3.35. The number of aryl methyl sites for hydroxylation is 1. The standard InChI is InChI=1S/C14H11Cl2NO3/c1-17-7-8(14(19)20-2)6-11(17)13(18)9-4-3-5-10(15)12(9)16/h3-7H,1-2H3. The van der Waals surface area contributed by atoms with E-state index in [1.165, 1.54) is 19.4 Å². The molecule has 0 aliphatic carbocycles. The predicted molar refractivity (Wildman–Crippen MR) is 76.6 cm³/mol. The number of halogens is 2. The Bertz CT molecular complexity index is 692. The molecule has 2 rings (SSSR count). The molecule has 0 atom stereocenters. The second-order valence-electron chi connectivity index (χ2n) is 4.15. The molecule has 0 spiro atoms. The lowest BCUT2D eigenvalue weighted by Gasteiger charge is -2.05. The summed E-state index contributed by atoms with van der Waals surface area (Å²) in [4.78, 5) is 23.9. The fraction of sp³-hybridized carbons (Fsp3) is 0.143. The van der Waals surface area contributed by atoms with E-state index in [9.17, 15) is 9.59 Å². The topological polar surface area (TPSA) is 48.3 Å². The zero-order chi connectivity index (χ0) is 14.9. The van der Waals surface area contributed by atoms with Gasteiger partial charge < -0.3 is 9.30 Å². The number of rotatable bonds is 3. The minimum Gasteiger partial charge on any atom is -0.465 e. The van der Waals surface area contributed by atoms with Crippen LogP contribution in [0, 0.1) is 0 Å². The summed E-state index contributed by atoms with van der Waals surface area (Å²) in [5, 5.41) is 0.500. The fourth-order valence-electron chi connectivity index (χ4n) is 1.84. The van der Waals surface area contributed by atoms with Crippen molar-refractivity contribution in [3.8, 4) is 0 Å². The minimum absolute atomic E-state index is 0.194. The lowest BCUT2D eigenvalue weighted by molar-refractivity contribution is 0.0600. The monoisotopic (exact) mass is 311 g/mol. The largest absolute Gasteiger partial charge is 0.465 e. The molecule has 0 aliphatic rings. The van der Waals surface area contributed by atoms with Crippen LogP contribution in [0.4, 0.5) is 0 Å². The fourth-order valence-corrected chi connectivity index (χ4v) is 2.22. The first-order chi connectivity index (χ1) is 9.45. The third kappa shape index (κ3) is 2.57. The number of methoxy groups -OCH3 is 1. The number of carbonyl (C=O) groups excluding carboxylic acids is 2. The quantitative estimate of drug-likeness (QED) is 0.645. The highest BCUT2D eigenvalue weighted by Gasteiger charge is 2.20. The van der Waals surface area contributed by atoms with E-state index in [0.717, 1.165) is 0 Å². The Hall–Kier alpha value is -1.78. The number of carbonyl (C=O) groups is 2. The number of aromatic nitrogens is 1. The number of nitrogens with zero attached hydrogens (tertiary/aromatic N) is 1. The highest BCUT2D eigenvalue weighted by atomic mass is 35.5. The normalized spacial score (nSPS) is 10.4. The van der Waals surface area contributed by atoms with E-state index in [4.69, 9.17) is 23.2 Å². The molecule has 104 valence electrons. The molecule has 0 fully saturated rings. The van der Waals surface area contributed by atoms with Gasteiger partial charge in [-0.2, -0.15) is 0 Å². The lowest BCUT2D eigenvalue weighted by Crippen LogP contribution is -2.07. The van der Waals surface area contributed by atoms with Gasteiger partial charge in [-0.05, 0) is 18.2 Å². The molecule has 1 heterocycles. The van der Waals surface area contributed by atoms with Crippen LogP contribution in [0.2, 0.25) is 10.0 Å². The van der Waals surface area contributed by atoms with Crippen molar-refractivity contribution in [2.45, 2.75) is 0 Å². The van der Waals surface area contributed by atoms with Gasteiger partial charge >= 0.3 is 5.97 Å². The van der Waals surface area contributed by atoms with Crippen LogP contribution in [0.25, 0.3) is 0 Å². The number of hydrogen-bond donors (Lipinski definition) is 0. The first kappa shape index (κ1) is 14.6. The summed E-state index contributed by atoms with van der Waals surface area (Å²) in [6, 6.07) is 6.30. The summed E-state index contributed by atoms with van der Waals surface area (Å²) >= 11 is 11.9. The Kier molecular flexibility index (Phi) is 4.16. The van der Waals surface area contributed by atoms with E-state index >= 15 is 0 Å².